The number of hydrogen-bond donors (Lipinski definition) is 2. The van der Waals surface area contributed by atoms with E-state index in [4.69, 9.17) is 9.84 Å². The summed E-state index contributed by atoms with van der Waals surface area (Å²) in [5.74, 6) is -2.07. The van der Waals surface area contributed by atoms with Gasteiger partial charge in [-0.3, -0.25) is 14.9 Å². The molecule has 7 nitrogen and oxygen atoms in total. The molecule has 8 heteroatoms. The van der Waals surface area contributed by atoms with Crippen molar-refractivity contribution in [3.63, 3.8) is 0 Å². The lowest BCUT2D eigenvalue weighted by Gasteiger charge is -2.20. The second-order valence-corrected chi connectivity index (χ2v) is 4.80. The van der Waals surface area contributed by atoms with E-state index in [2.05, 4.69) is 5.32 Å². The predicted octanol–water partition coefficient (Wildman–Crippen LogP) is 2.27. The lowest BCUT2D eigenvalue weighted by Crippen LogP contribution is -2.31. The Morgan fingerprint density at radius 1 is 1.55 bits per heavy atom. The van der Waals surface area contributed by atoms with Crippen LogP contribution >= 0.6 is 0 Å². The van der Waals surface area contributed by atoms with Crippen LogP contribution in [-0.4, -0.2) is 29.7 Å². The third kappa shape index (κ3) is 3.34. The summed E-state index contributed by atoms with van der Waals surface area (Å²) in [5, 5.41) is 22.5. The van der Waals surface area contributed by atoms with Crippen LogP contribution in [-0.2, 0) is 4.79 Å². The fraction of sp³-hybridized carbons (Fsp3) is 0.417. The lowest BCUT2D eigenvalue weighted by atomic mass is 9.94. The van der Waals surface area contributed by atoms with Gasteiger partial charge in [-0.15, -0.1) is 0 Å². The molecule has 1 rings (SSSR count). The molecule has 0 spiro atoms. The number of carboxylic acid groups (broad SMARTS) is 1. The SMILES string of the molecule is COc1cc(NCC(C)(C)C(=O)O)c([N+](=O)[O-])cc1F. The van der Waals surface area contributed by atoms with E-state index in [1.807, 2.05) is 0 Å². The van der Waals surface area contributed by atoms with Crippen LogP contribution in [0.15, 0.2) is 12.1 Å². The first kappa shape index (κ1) is 15.7. The summed E-state index contributed by atoms with van der Waals surface area (Å²) < 4.78 is 18.2. The van der Waals surface area contributed by atoms with Crippen molar-refractivity contribution in [2.24, 2.45) is 5.41 Å². The molecule has 0 heterocycles. The van der Waals surface area contributed by atoms with Crippen LogP contribution in [0, 0.1) is 21.3 Å². The van der Waals surface area contributed by atoms with Crippen LogP contribution in [0.25, 0.3) is 0 Å². The molecule has 0 fully saturated rings. The zero-order valence-electron chi connectivity index (χ0n) is 11.3. The highest BCUT2D eigenvalue weighted by Gasteiger charge is 2.28. The number of anilines is 1. The lowest BCUT2D eigenvalue weighted by molar-refractivity contribution is -0.384. The minimum Gasteiger partial charge on any atom is -0.494 e. The van der Waals surface area contributed by atoms with E-state index in [0.29, 0.717) is 0 Å². The van der Waals surface area contributed by atoms with Crippen LogP contribution in [0.3, 0.4) is 0 Å². The maximum Gasteiger partial charge on any atom is 0.310 e. The van der Waals surface area contributed by atoms with E-state index >= 15 is 0 Å². The highest BCUT2D eigenvalue weighted by Crippen LogP contribution is 2.32. The van der Waals surface area contributed by atoms with Crippen molar-refractivity contribution in [2.45, 2.75) is 13.8 Å². The molecule has 0 radical (unpaired) electrons. The van der Waals surface area contributed by atoms with E-state index in [1.54, 1.807) is 0 Å². The topological polar surface area (TPSA) is 102 Å². The molecule has 0 aromatic heterocycles. The number of carbonyl (C=O) groups is 1. The average Bonchev–Trinajstić information content (AvgIpc) is 2.36. The number of rotatable bonds is 6. The fourth-order valence-electron chi connectivity index (χ4n) is 1.38. The number of hydrogen-bond acceptors (Lipinski definition) is 5. The number of carboxylic acids is 1. The van der Waals surface area contributed by atoms with E-state index in [1.165, 1.54) is 21.0 Å². The van der Waals surface area contributed by atoms with Crippen LogP contribution in [0.4, 0.5) is 15.8 Å². The standard InChI is InChI=1S/C12H15FN2O5/c1-12(2,11(16)17)6-14-8-5-10(20-3)7(13)4-9(8)15(18)19/h4-5,14H,6H2,1-3H3,(H,16,17). The predicted molar refractivity (Wildman–Crippen MR) is 69.5 cm³/mol. The first-order valence-electron chi connectivity index (χ1n) is 5.68. The average molecular weight is 286 g/mol. The Morgan fingerprint density at radius 3 is 2.60 bits per heavy atom. The summed E-state index contributed by atoms with van der Waals surface area (Å²) in [7, 11) is 1.23. The summed E-state index contributed by atoms with van der Waals surface area (Å²) >= 11 is 0. The molecule has 0 aliphatic carbocycles. The highest BCUT2D eigenvalue weighted by molar-refractivity contribution is 5.75. The van der Waals surface area contributed by atoms with Crippen LogP contribution in [0.1, 0.15) is 13.8 Å². The Kier molecular flexibility index (Phi) is 4.49. The molecule has 0 aliphatic heterocycles. The van der Waals surface area contributed by atoms with Crippen LogP contribution in [0.5, 0.6) is 5.75 Å². The van der Waals surface area contributed by atoms with Crippen molar-refractivity contribution >= 4 is 17.3 Å². The Bertz CT molecular complexity index is 545. The second-order valence-electron chi connectivity index (χ2n) is 4.80. The van der Waals surface area contributed by atoms with Crippen LogP contribution in [0.2, 0.25) is 0 Å². The highest BCUT2D eigenvalue weighted by atomic mass is 19.1. The number of methoxy groups -OCH3 is 1. The van der Waals surface area contributed by atoms with Gasteiger partial charge in [0.25, 0.3) is 5.69 Å². The maximum absolute atomic E-state index is 13.4. The Balaban J connectivity index is 3.10. The Hall–Kier alpha value is -2.38. The third-order valence-corrected chi connectivity index (χ3v) is 2.77. The smallest absolute Gasteiger partial charge is 0.310 e. The van der Waals surface area contributed by atoms with Gasteiger partial charge < -0.3 is 15.2 Å². The minimum absolute atomic E-state index is 0.00238. The van der Waals surface area contributed by atoms with Gasteiger partial charge in [-0.25, -0.2) is 4.39 Å². The molecule has 2 N–H and O–H groups in total. The third-order valence-electron chi connectivity index (χ3n) is 2.77. The molecular weight excluding hydrogens is 271 g/mol. The first-order chi connectivity index (χ1) is 9.19. The monoisotopic (exact) mass is 286 g/mol. The van der Waals surface area contributed by atoms with Gasteiger partial charge in [-0.1, -0.05) is 0 Å². The molecule has 0 bridgehead atoms. The Labute approximate surface area is 114 Å². The molecular formula is C12H15FN2O5. The quantitative estimate of drug-likeness (QED) is 0.614. The van der Waals surface area contributed by atoms with Crippen molar-refractivity contribution in [3.05, 3.63) is 28.1 Å². The fourth-order valence-corrected chi connectivity index (χ4v) is 1.38. The van der Waals surface area contributed by atoms with Gasteiger partial charge in [0, 0.05) is 12.6 Å². The van der Waals surface area contributed by atoms with Gasteiger partial charge in [0.05, 0.1) is 23.5 Å². The summed E-state index contributed by atoms with van der Waals surface area (Å²) in [6.45, 7) is 2.88. The molecule has 0 aliphatic rings. The van der Waals surface area contributed by atoms with Crippen molar-refractivity contribution in [1.29, 1.82) is 0 Å². The first-order valence-corrected chi connectivity index (χ1v) is 5.68. The molecule has 110 valence electrons. The number of nitrogens with one attached hydrogen (secondary N) is 1. The number of halogens is 1. The molecule has 0 unspecified atom stereocenters. The van der Waals surface area contributed by atoms with Gasteiger partial charge in [0.1, 0.15) is 5.69 Å². The number of nitro groups is 1. The van der Waals surface area contributed by atoms with Gasteiger partial charge >= 0.3 is 5.97 Å². The van der Waals surface area contributed by atoms with Crippen molar-refractivity contribution < 1.29 is 24.0 Å². The van der Waals surface area contributed by atoms with E-state index in [-0.39, 0.29) is 18.0 Å². The van der Waals surface area contributed by atoms with E-state index in [9.17, 15) is 19.3 Å². The van der Waals surface area contributed by atoms with Gasteiger partial charge in [0.2, 0.25) is 0 Å². The summed E-state index contributed by atoms with van der Waals surface area (Å²) in [5.41, 5.74) is -1.61. The number of benzene rings is 1. The minimum atomic E-state index is -1.13. The summed E-state index contributed by atoms with van der Waals surface area (Å²) in [4.78, 5) is 21.1. The zero-order chi connectivity index (χ0) is 15.5. The van der Waals surface area contributed by atoms with Crippen molar-refractivity contribution in [2.75, 3.05) is 19.0 Å². The van der Waals surface area contributed by atoms with Gasteiger partial charge in [-0.05, 0) is 13.8 Å². The van der Waals surface area contributed by atoms with Crippen molar-refractivity contribution in [3.8, 4) is 5.75 Å². The van der Waals surface area contributed by atoms with E-state index < -0.39 is 27.8 Å². The Morgan fingerprint density at radius 2 is 2.15 bits per heavy atom. The van der Waals surface area contributed by atoms with E-state index in [0.717, 1.165) is 12.1 Å². The summed E-state index contributed by atoms with van der Waals surface area (Å²) in [6, 6.07) is 1.86. The number of nitrogens with zero attached hydrogens (tertiary/aromatic N) is 1. The summed E-state index contributed by atoms with van der Waals surface area (Å²) in [6.07, 6.45) is 0. The maximum atomic E-state index is 13.4. The normalized spacial score (nSPS) is 11.0. The molecule has 0 amide bonds. The number of nitro benzene ring substituents is 1. The number of aliphatic carboxylic acids is 1. The molecule has 0 saturated heterocycles. The molecule has 0 atom stereocenters. The van der Waals surface area contributed by atoms with Gasteiger partial charge in [-0.2, -0.15) is 0 Å². The molecule has 20 heavy (non-hydrogen) atoms. The van der Waals surface area contributed by atoms with Crippen LogP contribution < -0.4 is 10.1 Å². The van der Waals surface area contributed by atoms with Crippen molar-refractivity contribution in [1.82, 2.24) is 0 Å². The zero-order valence-corrected chi connectivity index (χ0v) is 11.3. The molecule has 1 aromatic rings. The number of ether oxygens (including phenoxy) is 1. The molecule has 0 saturated carbocycles. The second kappa shape index (κ2) is 5.72. The van der Waals surface area contributed by atoms with Gasteiger partial charge in [0.15, 0.2) is 11.6 Å². The largest absolute Gasteiger partial charge is 0.494 e. The molecule has 1 aromatic carbocycles.